The van der Waals surface area contributed by atoms with Crippen LogP contribution >= 0.6 is 0 Å². The fourth-order valence-electron chi connectivity index (χ4n) is 4.12. The van der Waals surface area contributed by atoms with E-state index in [0.29, 0.717) is 30.3 Å². The molecule has 1 unspecified atom stereocenters. The minimum absolute atomic E-state index is 0.0137. The van der Waals surface area contributed by atoms with Gasteiger partial charge < -0.3 is 14.7 Å². The minimum Gasteiger partial charge on any atom is -0.335 e. The predicted molar refractivity (Wildman–Crippen MR) is 109 cm³/mol. The van der Waals surface area contributed by atoms with Gasteiger partial charge in [-0.25, -0.2) is 4.98 Å². The highest BCUT2D eigenvalue weighted by molar-refractivity contribution is 6.06. The molecule has 4 heterocycles. The molecule has 3 aromatic rings. The molecule has 3 aromatic heterocycles. The summed E-state index contributed by atoms with van der Waals surface area (Å²) in [5, 5.41) is 8.42. The second-order valence-corrected chi connectivity index (χ2v) is 8.28. The average molecular weight is 391 g/mol. The molecule has 7 nitrogen and oxygen atoms in total. The summed E-state index contributed by atoms with van der Waals surface area (Å²) in [7, 11) is 0. The monoisotopic (exact) mass is 391 g/mol. The molecule has 5 rings (SSSR count). The molecule has 1 saturated carbocycles. The van der Waals surface area contributed by atoms with E-state index in [2.05, 4.69) is 34.3 Å². The Labute approximate surface area is 169 Å². The van der Waals surface area contributed by atoms with Crippen molar-refractivity contribution in [3.8, 4) is 0 Å². The average Bonchev–Trinajstić information content (AvgIpc) is 3.52. The third-order valence-electron chi connectivity index (χ3n) is 5.84. The Morgan fingerprint density at radius 2 is 2.21 bits per heavy atom. The summed E-state index contributed by atoms with van der Waals surface area (Å²) in [6.45, 7) is 6.24. The molecule has 150 valence electrons. The van der Waals surface area contributed by atoms with E-state index >= 15 is 0 Å². The van der Waals surface area contributed by atoms with Crippen molar-refractivity contribution in [1.82, 2.24) is 25.3 Å². The summed E-state index contributed by atoms with van der Waals surface area (Å²) >= 11 is 0. The molecule has 1 amide bonds. The lowest BCUT2D eigenvalue weighted by molar-refractivity contribution is 0.0635. The van der Waals surface area contributed by atoms with E-state index in [0.717, 1.165) is 41.7 Å². The van der Waals surface area contributed by atoms with Gasteiger partial charge in [-0.3, -0.25) is 9.78 Å². The van der Waals surface area contributed by atoms with Crippen LogP contribution in [0.2, 0.25) is 0 Å². The van der Waals surface area contributed by atoms with E-state index in [-0.39, 0.29) is 17.9 Å². The van der Waals surface area contributed by atoms with Crippen molar-refractivity contribution in [1.29, 1.82) is 0 Å². The number of aromatic nitrogens is 3. The van der Waals surface area contributed by atoms with Gasteiger partial charge in [-0.05, 0) is 36.5 Å². The largest absolute Gasteiger partial charge is 0.335 e. The lowest BCUT2D eigenvalue weighted by Crippen LogP contribution is -2.48. The van der Waals surface area contributed by atoms with Gasteiger partial charge in [0, 0.05) is 43.6 Å². The highest BCUT2D eigenvalue weighted by Crippen LogP contribution is 2.41. The number of nitrogens with one attached hydrogen (secondary N) is 1. The number of nitrogens with zero attached hydrogens (tertiary/aromatic N) is 4. The van der Waals surface area contributed by atoms with Crippen LogP contribution in [-0.2, 0) is 0 Å². The Morgan fingerprint density at radius 1 is 1.34 bits per heavy atom. The van der Waals surface area contributed by atoms with Gasteiger partial charge in [-0.1, -0.05) is 25.1 Å². The quantitative estimate of drug-likeness (QED) is 0.734. The fraction of sp³-hybridized carbons (Fsp3) is 0.455. The van der Waals surface area contributed by atoms with Crippen molar-refractivity contribution >= 4 is 17.0 Å². The molecule has 1 aliphatic heterocycles. The van der Waals surface area contributed by atoms with Gasteiger partial charge in [0.1, 0.15) is 0 Å². The van der Waals surface area contributed by atoms with E-state index in [1.807, 2.05) is 29.3 Å². The van der Waals surface area contributed by atoms with Crippen molar-refractivity contribution in [3.05, 3.63) is 53.1 Å². The number of carbonyl (C=O) groups excluding carboxylic acids is 1. The third-order valence-corrected chi connectivity index (χ3v) is 5.84. The molecule has 2 aliphatic rings. The van der Waals surface area contributed by atoms with E-state index in [9.17, 15) is 4.79 Å². The molecule has 29 heavy (non-hydrogen) atoms. The molecular weight excluding hydrogens is 366 g/mol. The second kappa shape index (κ2) is 7.22. The van der Waals surface area contributed by atoms with Gasteiger partial charge in [-0.2, -0.15) is 0 Å². The summed E-state index contributed by atoms with van der Waals surface area (Å²) in [6, 6.07) is 5.87. The van der Waals surface area contributed by atoms with Gasteiger partial charge in [0.15, 0.2) is 0 Å². The van der Waals surface area contributed by atoms with Crippen LogP contribution in [0.25, 0.3) is 11.1 Å². The summed E-state index contributed by atoms with van der Waals surface area (Å²) in [6.07, 6.45) is 5.83. The highest BCUT2D eigenvalue weighted by Gasteiger charge is 2.34. The molecule has 0 radical (unpaired) electrons. The Hall–Kier alpha value is -2.80. The van der Waals surface area contributed by atoms with Gasteiger partial charge >= 0.3 is 0 Å². The normalized spacial score (nSPS) is 19.8. The SMILES string of the molecule is CC(C)c1noc2nc(C3CC3)cc(C(=O)N3CCNCC3c3cccnc3)c12. The van der Waals surface area contributed by atoms with Crippen LogP contribution in [0, 0.1) is 0 Å². The van der Waals surface area contributed by atoms with Gasteiger partial charge in [0.05, 0.1) is 22.7 Å². The number of rotatable bonds is 4. The Morgan fingerprint density at radius 3 is 2.93 bits per heavy atom. The zero-order chi connectivity index (χ0) is 20.0. The molecule has 0 spiro atoms. The number of piperazine rings is 1. The molecule has 1 atom stereocenters. The Kier molecular flexibility index (Phi) is 4.54. The first kappa shape index (κ1) is 18.2. The molecule has 1 saturated heterocycles. The summed E-state index contributed by atoms with van der Waals surface area (Å²) in [5.41, 5.74) is 3.92. The number of fused-ring (bicyclic) bond motifs is 1. The maximum Gasteiger partial charge on any atom is 0.259 e. The van der Waals surface area contributed by atoms with Crippen LogP contribution in [0.5, 0.6) is 0 Å². The second-order valence-electron chi connectivity index (χ2n) is 8.28. The Bertz CT molecular complexity index is 1040. The Balaban J connectivity index is 1.61. The van der Waals surface area contributed by atoms with Crippen molar-refractivity contribution < 1.29 is 9.32 Å². The van der Waals surface area contributed by atoms with Crippen molar-refractivity contribution in [2.45, 2.75) is 44.6 Å². The van der Waals surface area contributed by atoms with E-state index < -0.39 is 0 Å². The standard InChI is InChI=1S/C22H25N5O2/c1-13(2)20-19-16(10-17(14-5-6-14)25-21(19)29-26-20)22(28)27-9-8-24-12-18(27)15-4-3-7-23-11-15/h3-4,7,10-11,13-14,18,24H,5-6,8-9,12H2,1-2H3. The minimum atomic E-state index is -0.0556. The summed E-state index contributed by atoms with van der Waals surface area (Å²) in [4.78, 5) is 24.7. The number of pyridine rings is 2. The maximum atomic E-state index is 13.8. The van der Waals surface area contributed by atoms with Crippen molar-refractivity contribution in [2.75, 3.05) is 19.6 Å². The van der Waals surface area contributed by atoms with Gasteiger partial charge in [0.25, 0.3) is 11.6 Å². The first-order valence-corrected chi connectivity index (χ1v) is 10.4. The van der Waals surface area contributed by atoms with Gasteiger partial charge in [0.2, 0.25) is 0 Å². The van der Waals surface area contributed by atoms with E-state index in [1.54, 1.807) is 6.20 Å². The number of hydrogen-bond donors (Lipinski definition) is 1. The van der Waals surface area contributed by atoms with Gasteiger partial charge in [-0.15, -0.1) is 0 Å². The topological polar surface area (TPSA) is 84.2 Å². The molecule has 0 bridgehead atoms. The number of carbonyl (C=O) groups is 1. The van der Waals surface area contributed by atoms with Crippen LogP contribution in [0.4, 0.5) is 0 Å². The van der Waals surface area contributed by atoms with Crippen molar-refractivity contribution in [3.63, 3.8) is 0 Å². The van der Waals surface area contributed by atoms with Crippen LogP contribution in [0.1, 0.15) is 71.9 Å². The van der Waals surface area contributed by atoms with Crippen molar-refractivity contribution in [2.24, 2.45) is 0 Å². The molecule has 1 aliphatic carbocycles. The third kappa shape index (κ3) is 3.29. The summed E-state index contributed by atoms with van der Waals surface area (Å²) in [5.74, 6) is 0.587. The molecule has 2 fully saturated rings. The number of hydrogen-bond acceptors (Lipinski definition) is 6. The molecule has 1 N–H and O–H groups in total. The van der Waals surface area contributed by atoms with Crippen LogP contribution in [0.3, 0.4) is 0 Å². The first-order chi connectivity index (χ1) is 14.1. The van der Waals surface area contributed by atoms with Crippen LogP contribution in [0.15, 0.2) is 35.1 Å². The fourth-order valence-corrected chi connectivity index (χ4v) is 4.12. The van der Waals surface area contributed by atoms with E-state index in [1.165, 1.54) is 0 Å². The molecular formula is C22H25N5O2. The highest BCUT2D eigenvalue weighted by atomic mass is 16.5. The lowest BCUT2D eigenvalue weighted by Gasteiger charge is -2.36. The molecule has 0 aromatic carbocycles. The maximum absolute atomic E-state index is 13.8. The lowest BCUT2D eigenvalue weighted by atomic mass is 9.99. The van der Waals surface area contributed by atoms with Crippen LogP contribution in [-0.4, -0.2) is 45.6 Å². The zero-order valence-electron chi connectivity index (χ0n) is 16.8. The zero-order valence-corrected chi connectivity index (χ0v) is 16.8. The smallest absolute Gasteiger partial charge is 0.259 e. The van der Waals surface area contributed by atoms with E-state index in [4.69, 9.17) is 4.52 Å². The molecule has 7 heteroatoms. The predicted octanol–water partition coefficient (Wildman–Crippen LogP) is 3.41. The summed E-state index contributed by atoms with van der Waals surface area (Å²) < 4.78 is 5.56. The van der Waals surface area contributed by atoms with Crippen LogP contribution < -0.4 is 5.32 Å². The first-order valence-electron chi connectivity index (χ1n) is 10.4. The number of amides is 1.